The molecule has 0 aromatic heterocycles. The maximum absolute atomic E-state index is 12.8. The molecule has 1 unspecified atom stereocenters. The molecule has 1 atom stereocenters. The fourth-order valence-electron chi connectivity index (χ4n) is 8.31. The third-order valence-electron chi connectivity index (χ3n) is 12.7. The molecule has 0 saturated heterocycles. The lowest BCUT2D eigenvalue weighted by Gasteiger charge is -2.18. The topological polar surface area (TPSA) is 78.9 Å². The molecule has 0 fully saturated rings. The van der Waals surface area contributed by atoms with Gasteiger partial charge < -0.3 is 14.2 Å². The number of esters is 3. The van der Waals surface area contributed by atoms with Crippen LogP contribution in [0, 0.1) is 0 Å². The van der Waals surface area contributed by atoms with E-state index in [1.165, 1.54) is 154 Å². The van der Waals surface area contributed by atoms with Crippen molar-refractivity contribution in [1.82, 2.24) is 0 Å². The van der Waals surface area contributed by atoms with Crippen LogP contribution in [0.15, 0.2) is 60.8 Å². The molecule has 0 spiro atoms. The average molecular weight is 952 g/mol. The van der Waals surface area contributed by atoms with Crippen LogP contribution in [0.4, 0.5) is 0 Å². The summed E-state index contributed by atoms with van der Waals surface area (Å²) < 4.78 is 16.8. The molecule has 0 aliphatic rings. The summed E-state index contributed by atoms with van der Waals surface area (Å²) in [4.78, 5) is 38.0. The number of carbonyl (C=O) groups excluding carboxylic acids is 3. The van der Waals surface area contributed by atoms with Gasteiger partial charge in [-0.15, -0.1) is 0 Å². The summed E-state index contributed by atoms with van der Waals surface area (Å²) in [7, 11) is 0. The molecular formula is C62H110O6. The molecule has 0 saturated carbocycles. The minimum atomic E-state index is -0.779. The second-order valence-corrected chi connectivity index (χ2v) is 19.6. The first-order chi connectivity index (χ1) is 33.5. The van der Waals surface area contributed by atoms with Gasteiger partial charge in [0.05, 0.1) is 0 Å². The summed E-state index contributed by atoms with van der Waals surface area (Å²) in [5, 5.41) is 0. The Labute approximate surface area is 421 Å². The highest BCUT2D eigenvalue weighted by atomic mass is 16.6. The molecule has 0 N–H and O–H groups in total. The molecule has 6 nitrogen and oxygen atoms in total. The molecule has 0 aliphatic heterocycles. The molecule has 0 radical (unpaired) electrons. The van der Waals surface area contributed by atoms with Crippen LogP contribution in [0.3, 0.4) is 0 Å². The first kappa shape index (κ1) is 65.1. The highest BCUT2D eigenvalue weighted by Gasteiger charge is 2.19. The Morgan fingerprint density at radius 1 is 0.294 bits per heavy atom. The van der Waals surface area contributed by atoms with Crippen molar-refractivity contribution in [1.29, 1.82) is 0 Å². The number of unbranched alkanes of at least 4 members (excludes halogenated alkanes) is 32. The van der Waals surface area contributed by atoms with Crippen LogP contribution in [-0.4, -0.2) is 37.2 Å². The zero-order valence-corrected chi connectivity index (χ0v) is 45.1. The lowest BCUT2D eigenvalue weighted by molar-refractivity contribution is -0.167. The third kappa shape index (κ3) is 54.1. The number of rotatable bonds is 53. The second-order valence-electron chi connectivity index (χ2n) is 19.6. The van der Waals surface area contributed by atoms with E-state index in [1.54, 1.807) is 0 Å². The smallest absolute Gasteiger partial charge is 0.306 e. The van der Waals surface area contributed by atoms with Crippen molar-refractivity contribution in [3.05, 3.63) is 60.8 Å². The van der Waals surface area contributed by atoms with Crippen molar-refractivity contribution in [2.75, 3.05) is 13.2 Å². The van der Waals surface area contributed by atoms with E-state index in [9.17, 15) is 14.4 Å². The number of hydrogen-bond acceptors (Lipinski definition) is 6. The van der Waals surface area contributed by atoms with E-state index in [2.05, 4.69) is 81.5 Å². The van der Waals surface area contributed by atoms with Crippen LogP contribution in [0.1, 0.15) is 297 Å². The van der Waals surface area contributed by atoms with Crippen molar-refractivity contribution in [3.63, 3.8) is 0 Å². The van der Waals surface area contributed by atoms with Gasteiger partial charge in [-0.1, -0.05) is 255 Å². The Hall–Kier alpha value is -2.89. The van der Waals surface area contributed by atoms with Crippen molar-refractivity contribution >= 4 is 17.9 Å². The lowest BCUT2D eigenvalue weighted by atomic mass is 10.0. The normalized spacial score (nSPS) is 12.5. The molecule has 0 rings (SSSR count). The molecule has 0 bridgehead atoms. The van der Waals surface area contributed by atoms with Gasteiger partial charge >= 0.3 is 17.9 Å². The first-order valence-electron chi connectivity index (χ1n) is 29.3. The van der Waals surface area contributed by atoms with E-state index in [0.29, 0.717) is 19.3 Å². The van der Waals surface area contributed by atoms with E-state index >= 15 is 0 Å². The average Bonchev–Trinajstić information content (AvgIpc) is 3.34. The van der Waals surface area contributed by atoms with Gasteiger partial charge in [0.15, 0.2) is 6.10 Å². The van der Waals surface area contributed by atoms with Crippen LogP contribution in [0.25, 0.3) is 0 Å². The Morgan fingerprint density at radius 3 is 0.882 bits per heavy atom. The molecule has 0 heterocycles. The zero-order chi connectivity index (χ0) is 49.3. The van der Waals surface area contributed by atoms with Gasteiger partial charge in [-0.3, -0.25) is 14.4 Å². The SMILES string of the molecule is CCC/C=C\C/C=C\CCCCCCCC(=O)OC(COC(=O)CCCCCCCCCCCC)COC(=O)CCCCCCCCCCCCCC/C=C\C/C=C\C/C=C\CCCCCCC. The van der Waals surface area contributed by atoms with Gasteiger partial charge in [-0.25, -0.2) is 0 Å². The lowest BCUT2D eigenvalue weighted by Crippen LogP contribution is -2.30. The molecule has 0 aliphatic carbocycles. The Morgan fingerprint density at radius 2 is 0.559 bits per heavy atom. The summed E-state index contributed by atoms with van der Waals surface area (Å²) >= 11 is 0. The van der Waals surface area contributed by atoms with Crippen LogP contribution >= 0.6 is 0 Å². The number of ether oxygens (including phenoxy) is 3. The van der Waals surface area contributed by atoms with Crippen LogP contribution in [-0.2, 0) is 28.6 Å². The Bertz CT molecular complexity index is 1230. The van der Waals surface area contributed by atoms with Crippen molar-refractivity contribution in [3.8, 4) is 0 Å². The molecule has 394 valence electrons. The molecular weight excluding hydrogens is 841 g/mol. The molecule has 0 amide bonds. The zero-order valence-electron chi connectivity index (χ0n) is 45.1. The van der Waals surface area contributed by atoms with Gasteiger partial charge in [-0.2, -0.15) is 0 Å². The summed E-state index contributed by atoms with van der Waals surface area (Å²) in [5.74, 6) is -0.887. The van der Waals surface area contributed by atoms with Crippen molar-refractivity contribution < 1.29 is 28.6 Å². The molecule has 6 heteroatoms. The fourth-order valence-corrected chi connectivity index (χ4v) is 8.31. The minimum absolute atomic E-state index is 0.0780. The predicted octanol–water partition coefficient (Wildman–Crippen LogP) is 19.6. The minimum Gasteiger partial charge on any atom is -0.462 e. The van der Waals surface area contributed by atoms with E-state index in [1.807, 2.05) is 0 Å². The monoisotopic (exact) mass is 951 g/mol. The molecule has 0 aromatic rings. The largest absolute Gasteiger partial charge is 0.462 e. The summed E-state index contributed by atoms with van der Waals surface area (Å²) in [6.07, 6.45) is 70.8. The first-order valence-corrected chi connectivity index (χ1v) is 29.3. The van der Waals surface area contributed by atoms with Crippen LogP contribution in [0.2, 0.25) is 0 Å². The third-order valence-corrected chi connectivity index (χ3v) is 12.7. The fraction of sp³-hybridized carbons (Fsp3) is 0.790. The Balaban J connectivity index is 4.18. The summed E-state index contributed by atoms with van der Waals surface area (Å²) in [6.45, 7) is 6.56. The van der Waals surface area contributed by atoms with Gasteiger partial charge in [0.2, 0.25) is 0 Å². The highest BCUT2D eigenvalue weighted by molar-refractivity contribution is 5.71. The maximum atomic E-state index is 12.8. The van der Waals surface area contributed by atoms with Gasteiger partial charge in [0.1, 0.15) is 13.2 Å². The van der Waals surface area contributed by atoms with Gasteiger partial charge in [-0.05, 0) is 83.5 Å². The van der Waals surface area contributed by atoms with E-state index in [4.69, 9.17) is 14.2 Å². The quantitative estimate of drug-likeness (QED) is 0.0262. The van der Waals surface area contributed by atoms with Crippen molar-refractivity contribution in [2.24, 2.45) is 0 Å². The van der Waals surface area contributed by atoms with Gasteiger partial charge in [0.25, 0.3) is 0 Å². The van der Waals surface area contributed by atoms with E-state index in [-0.39, 0.29) is 31.1 Å². The maximum Gasteiger partial charge on any atom is 0.306 e. The van der Waals surface area contributed by atoms with E-state index in [0.717, 1.165) is 103 Å². The predicted molar refractivity (Wildman–Crippen MR) is 293 cm³/mol. The summed E-state index contributed by atoms with van der Waals surface area (Å²) in [5.41, 5.74) is 0. The van der Waals surface area contributed by atoms with Crippen LogP contribution in [0.5, 0.6) is 0 Å². The number of hydrogen-bond donors (Lipinski definition) is 0. The number of allylic oxidation sites excluding steroid dienone is 10. The van der Waals surface area contributed by atoms with Gasteiger partial charge in [0, 0.05) is 19.3 Å². The second kappa shape index (κ2) is 56.7. The summed E-state index contributed by atoms with van der Waals surface area (Å²) in [6, 6.07) is 0. The molecule has 0 aromatic carbocycles. The van der Waals surface area contributed by atoms with E-state index < -0.39 is 6.10 Å². The van der Waals surface area contributed by atoms with Crippen LogP contribution < -0.4 is 0 Å². The molecule has 68 heavy (non-hydrogen) atoms. The van der Waals surface area contributed by atoms with Crippen molar-refractivity contribution in [2.45, 2.75) is 303 Å². The number of carbonyl (C=O) groups is 3. The Kier molecular flexibility index (Phi) is 54.3. The standard InChI is InChI=1S/C62H110O6/c1-4-7-10-13-16-19-22-24-25-26-27-28-29-30-31-32-33-34-35-36-37-39-40-43-46-49-52-55-61(64)67-58-59(57-66-60(63)54-51-48-45-42-21-18-15-12-9-6-3)68-62(65)56-53-50-47-44-41-38-23-20-17-14-11-8-5-2/h11,14,20,22-24,26-27,29-30,59H,4-10,12-13,15-19,21,25,28,31-58H2,1-3H3/b14-11-,23-20-,24-22-,27-26-,30-29-. The highest BCUT2D eigenvalue weighted by Crippen LogP contribution is 2.16.